The highest BCUT2D eigenvalue weighted by Crippen LogP contribution is 2.34. The summed E-state index contributed by atoms with van der Waals surface area (Å²) in [4.78, 5) is -0.249. The highest BCUT2D eigenvalue weighted by molar-refractivity contribution is 7.92. The van der Waals surface area contributed by atoms with Crippen LogP contribution in [0.2, 0.25) is 0 Å². The van der Waals surface area contributed by atoms with Crippen LogP contribution in [0.5, 0.6) is 17.2 Å². The number of phenolic OH excluding ortho intramolecular Hbond substituents is 1. The topological polar surface area (TPSA) is 131 Å². The first-order valence-corrected chi connectivity index (χ1v) is 12.5. The number of phenols is 1. The Morgan fingerprint density at radius 1 is 0.839 bits per heavy atom. The van der Waals surface area contributed by atoms with Gasteiger partial charge in [0.05, 0.1) is 41.9 Å². The van der Waals surface area contributed by atoms with Gasteiger partial charge in [-0.3, -0.25) is 4.72 Å². The molecule has 0 radical (unpaired) electrons. The summed E-state index contributed by atoms with van der Waals surface area (Å²) in [5, 5.41) is 10.2. The molecular weight excluding hydrogens is 448 g/mol. The summed E-state index contributed by atoms with van der Waals surface area (Å²) in [6.07, 6.45) is 0.674. The SMILES string of the molecule is O=S(=O)(Nc1cc(S(=O)(=O)N2CCOCC2)ccc1O)c1ccc2c(c1)OCCCO2. The molecule has 2 aromatic carbocycles. The first-order chi connectivity index (χ1) is 14.8. The van der Waals surface area contributed by atoms with Gasteiger partial charge in [0.15, 0.2) is 11.5 Å². The van der Waals surface area contributed by atoms with Crippen molar-refractivity contribution in [2.24, 2.45) is 0 Å². The Bertz CT molecular complexity index is 1180. The lowest BCUT2D eigenvalue weighted by atomic mass is 10.3. The van der Waals surface area contributed by atoms with Gasteiger partial charge in [0, 0.05) is 25.6 Å². The number of ether oxygens (including phenoxy) is 3. The standard InChI is InChI=1S/C19H22N2O8S2/c22-17-4-2-15(31(25,26)21-6-10-27-11-7-21)12-16(17)20-30(23,24)14-3-5-18-19(13-14)29-9-1-8-28-18/h2-5,12-13,20,22H,1,6-11H2. The van der Waals surface area contributed by atoms with Crippen LogP contribution in [0.1, 0.15) is 6.42 Å². The fraction of sp³-hybridized carbons (Fsp3) is 0.368. The average Bonchev–Trinajstić information content (AvgIpc) is 3.00. The van der Waals surface area contributed by atoms with Crippen molar-refractivity contribution in [3.05, 3.63) is 36.4 Å². The fourth-order valence-corrected chi connectivity index (χ4v) is 5.72. The molecule has 2 aliphatic rings. The van der Waals surface area contributed by atoms with E-state index in [1.165, 1.54) is 28.6 Å². The number of hydrogen-bond acceptors (Lipinski definition) is 8. The molecule has 2 aromatic rings. The molecule has 2 aliphatic heterocycles. The molecule has 0 spiro atoms. The summed E-state index contributed by atoms with van der Waals surface area (Å²) < 4.78 is 71.2. The molecule has 31 heavy (non-hydrogen) atoms. The molecular formula is C19H22N2O8S2. The Kier molecular flexibility index (Phi) is 5.97. The number of aromatic hydroxyl groups is 1. The summed E-state index contributed by atoms with van der Waals surface area (Å²) >= 11 is 0. The molecule has 1 fully saturated rings. The van der Waals surface area contributed by atoms with Crippen LogP contribution < -0.4 is 14.2 Å². The van der Waals surface area contributed by atoms with E-state index >= 15 is 0 Å². The summed E-state index contributed by atoms with van der Waals surface area (Å²) in [7, 11) is -8.01. The molecule has 0 aromatic heterocycles. The van der Waals surface area contributed by atoms with Gasteiger partial charge in [0.1, 0.15) is 5.75 Å². The zero-order valence-corrected chi connectivity index (χ0v) is 18.1. The summed E-state index contributed by atoms with van der Waals surface area (Å²) in [5.41, 5.74) is -0.249. The van der Waals surface area contributed by atoms with Crippen LogP contribution >= 0.6 is 0 Å². The molecule has 0 aliphatic carbocycles. The fourth-order valence-electron chi connectivity index (χ4n) is 3.21. The lowest BCUT2D eigenvalue weighted by Gasteiger charge is -2.26. The minimum absolute atomic E-state index is 0.113. The Morgan fingerprint density at radius 2 is 1.52 bits per heavy atom. The van der Waals surface area contributed by atoms with Gasteiger partial charge in [-0.1, -0.05) is 0 Å². The van der Waals surface area contributed by atoms with Gasteiger partial charge in [-0.05, 0) is 30.3 Å². The van der Waals surface area contributed by atoms with E-state index in [9.17, 15) is 21.9 Å². The van der Waals surface area contributed by atoms with Crippen molar-refractivity contribution in [2.75, 3.05) is 44.2 Å². The van der Waals surface area contributed by atoms with E-state index < -0.39 is 25.8 Å². The molecule has 10 nitrogen and oxygen atoms in total. The zero-order chi connectivity index (χ0) is 22.1. The van der Waals surface area contributed by atoms with Gasteiger partial charge >= 0.3 is 0 Å². The van der Waals surface area contributed by atoms with Gasteiger partial charge in [-0.2, -0.15) is 4.31 Å². The molecule has 0 saturated carbocycles. The summed E-state index contributed by atoms with van der Waals surface area (Å²) in [6.45, 7) is 1.81. The van der Waals surface area contributed by atoms with Crippen LogP contribution in [-0.4, -0.2) is 65.8 Å². The molecule has 2 N–H and O–H groups in total. The summed E-state index contributed by atoms with van der Waals surface area (Å²) in [5.74, 6) is 0.338. The smallest absolute Gasteiger partial charge is 0.262 e. The average molecular weight is 471 g/mol. The van der Waals surface area contributed by atoms with Crippen molar-refractivity contribution < 1.29 is 36.2 Å². The van der Waals surface area contributed by atoms with Crippen molar-refractivity contribution in [2.45, 2.75) is 16.2 Å². The maximum atomic E-state index is 12.9. The first kappa shape index (κ1) is 21.7. The third-order valence-corrected chi connectivity index (χ3v) is 8.11. The van der Waals surface area contributed by atoms with Crippen LogP contribution in [0.15, 0.2) is 46.2 Å². The lowest BCUT2D eigenvalue weighted by Crippen LogP contribution is -2.40. The van der Waals surface area contributed by atoms with Gasteiger partial charge in [-0.15, -0.1) is 0 Å². The normalized spacial score (nSPS) is 17.7. The van der Waals surface area contributed by atoms with Crippen molar-refractivity contribution in [3.8, 4) is 17.2 Å². The van der Waals surface area contributed by atoms with E-state index in [4.69, 9.17) is 14.2 Å². The molecule has 12 heteroatoms. The van der Waals surface area contributed by atoms with Crippen molar-refractivity contribution in [3.63, 3.8) is 0 Å². The number of nitrogens with zero attached hydrogens (tertiary/aromatic N) is 1. The predicted octanol–water partition coefficient (Wildman–Crippen LogP) is 1.38. The summed E-state index contributed by atoms with van der Waals surface area (Å²) in [6, 6.07) is 7.63. The lowest BCUT2D eigenvalue weighted by molar-refractivity contribution is 0.0730. The third-order valence-electron chi connectivity index (χ3n) is 4.85. The molecule has 0 amide bonds. The molecule has 1 saturated heterocycles. The Balaban J connectivity index is 1.63. The van der Waals surface area contributed by atoms with E-state index in [0.717, 1.165) is 12.1 Å². The van der Waals surface area contributed by atoms with E-state index in [2.05, 4.69) is 4.72 Å². The zero-order valence-electron chi connectivity index (χ0n) is 16.5. The highest BCUT2D eigenvalue weighted by Gasteiger charge is 2.28. The van der Waals surface area contributed by atoms with Crippen molar-refractivity contribution in [1.82, 2.24) is 4.31 Å². The molecule has 4 rings (SSSR count). The number of benzene rings is 2. The number of rotatable bonds is 5. The number of nitrogens with one attached hydrogen (secondary N) is 1. The van der Waals surface area contributed by atoms with Crippen molar-refractivity contribution >= 4 is 25.7 Å². The van der Waals surface area contributed by atoms with E-state index in [1.807, 2.05) is 0 Å². The largest absolute Gasteiger partial charge is 0.506 e. The monoisotopic (exact) mass is 470 g/mol. The van der Waals surface area contributed by atoms with Gasteiger partial charge in [-0.25, -0.2) is 16.8 Å². The van der Waals surface area contributed by atoms with Crippen molar-refractivity contribution in [1.29, 1.82) is 0 Å². The third kappa shape index (κ3) is 4.56. The molecule has 2 heterocycles. The van der Waals surface area contributed by atoms with E-state index in [0.29, 0.717) is 31.1 Å². The minimum atomic E-state index is -4.14. The predicted molar refractivity (Wildman–Crippen MR) is 111 cm³/mol. The second-order valence-corrected chi connectivity index (χ2v) is 10.6. The number of morpholine rings is 1. The van der Waals surface area contributed by atoms with Crippen LogP contribution in [0.25, 0.3) is 0 Å². The molecule has 0 atom stereocenters. The van der Waals surface area contributed by atoms with E-state index in [1.54, 1.807) is 0 Å². The Hall–Kier alpha value is -2.54. The maximum absolute atomic E-state index is 12.9. The van der Waals surface area contributed by atoms with E-state index in [-0.39, 0.29) is 41.8 Å². The minimum Gasteiger partial charge on any atom is -0.506 e. The van der Waals surface area contributed by atoms with Crippen LogP contribution in [0.3, 0.4) is 0 Å². The second-order valence-electron chi connectivity index (χ2n) is 6.96. The van der Waals surface area contributed by atoms with Crippen LogP contribution in [-0.2, 0) is 24.8 Å². The number of anilines is 1. The Labute approximate surface area is 180 Å². The number of sulfonamides is 2. The number of fused-ring (bicyclic) bond motifs is 1. The van der Waals surface area contributed by atoms with Gasteiger partial charge in [0.2, 0.25) is 10.0 Å². The maximum Gasteiger partial charge on any atom is 0.262 e. The molecule has 168 valence electrons. The first-order valence-electron chi connectivity index (χ1n) is 9.61. The van der Waals surface area contributed by atoms with Crippen LogP contribution in [0.4, 0.5) is 5.69 Å². The quantitative estimate of drug-likeness (QED) is 0.627. The second kappa shape index (κ2) is 8.54. The highest BCUT2D eigenvalue weighted by atomic mass is 32.2. The molecule has 0 bridgehead atoms. The van der Waals surface area contributed by atoms with Gasteiger partial charge in [0.25, 0.3) is 10.0 Å². The Morgan fingerprint density at radius 3 is 2.26 bits per heavy atom. The van der Waals surface area contributed by atoms with Gasteiger partial charge < -0.3 is 19.3 Å². The molecule has 0 unspecified atom stereocenters. The van der Waals surface area contributed by atoms with Crippen LogP contribution in [0, 0.1) is 0 Å². The number of hydrogen-bond donors (Lipinski definition) is 2.